The van der Waals surface area contributed by atoms with E-state index in [0.717, 1.165) is 11.3 Å². The van der Waals surface area contributed by atoms with Gasteiger partial charge in [-0.05, 0) is 18.6 Å². The maximum absolute atomic E-state index is 11.6. The van der Waals surface area contributed by atoms with Gasteiger partial charge in [0.2, 0.25) is 5.91 Å². The standard InChI is InChI=1S/C14H16ClN5O/c1-16-14(21)12-6-11(7-17-12)20-8-13(18-19-20)9-2-4-10(15)5-3-9/h2-5,8,11-12,17H,6-7H2,1H3,(H,16,21)/t11-,12-/m0/s1. The lowest BCUT2D eigenvalue weighted by Crippen LogP contribution is -2.38. The Bertz CT molecular complexity index is 639. The first-order valence-corrected chi connectivity index (χ1v) is 7.18. The molecule has 0 saturated carbocycles. The van der Waals surface area contributed by atoms with Crippen LogP contribution in [-0.4, -0.2) is 40.5 Å². The Morgan fingerprint density at radius 3 is 2.90 bits per heavy atom. The van der Waals surface area contributed by atoms with Gasteiger partial charge < -0.3 is 10.6 Å². The first-order valence-electron chi connectivity index (χ1n) is 6.80. The van der Waals surface area contributed by atoms with E-state index in [0.29, 0.717) is 18.0 Å². The van der Waals surface area contributed by atoms with Gasteiger partial charge in [-0.25, -0.2) is 4.68 Å². The minimum absolute atomic E-state index is 0.00976. The van der Waals surface area contributed by atoms with Crippen LogP contribution in [0, 0.1) is 0 Å². The number of halogens is 1. The van der Waals surface area contributed by atoms with E-state index in [1.165, 1.54) is 0 Å². The molecular weight excluding hydrogens is 290 g/mol. The Morgan fingerprint density at radius 2 is 2.19 bits per heavy atom. The molecule has 2 N–H and O–H groups in total. The van der Waals surface area contributed by atoms with E-state index in [2.05, 4.69) is 20.9 Å². The zero-order valence-corrected chi connectivity index (χ0v) is 12.3. The van der Waals surface area contributed by atoms with Crippen LogP contribution in [0.4, 0.5) is 0 Å². The summed E-state index contributed by atoms with van der Waals surface area (Å²) in [6.07, 6.45) is 2.62. The van der Waals surface area contributed by atoms with Crippen LogP contribution < -0.4 is 10.6 Å². The maximum Gasteiger partial charge on any atom is 0.236 e. The molecule has 2 atom stereocenters. The average molecular weight is 306 g/mol. The highest BCUT2D eigenvalue weighted by atomic mass is 35.5. The fourth-order valence-corrected chi connectivity index (χ4v) is 2.63. The molecule has 6 nitrogen and oxygen atoms in total. The second-order valence-electron chi connectivity index (χ2n) is 5.06. The minimum Gasteiger partial charge on any atom is -0.358 e. The third-order valence-electron chi connectivity index (χ3n) is 3.69. The van der Waals surface area contributed by atoms with Gasteiger partial charge in [-0.1, -0.05) is 28.9 Å². The molecule has 0 spiro atoms. The van der Waals surface area contributed by atoms with Gasteiger partial charge >= 0.3 is 0 Å². The van der Waals surface area contributed by atoms with E-state index >= 15 is 0 Å². The molecule has 0 unspecified atom stereocenters. The number of carbonyl (C=O) groups excluding carboxylic acids is 1. The predicted molar refractivity (Wildman–Crippen MR) is 80.0 cm³/mol. The van der Waals surface area contributed by atoms with Crippen molar-refractivity contribution >= 4 is 17.5 Å². The first kappa shape index (κ1) is 14.0. The first-order chi connectivity index (χ1) is 10.2. The van der Waals surface area contributed by atoms with E-state index < -0.39 is 0 Å². The maximum atomic E-state index is 11.6. The third-order valence-corrected chi connectivity index (χ3v) is 3.95. The van der Waals surface area contributed by atoms with Crippen molar-refractivity contribution in [2.45, 2.75) is 18.5 Å². The Balaban J connectivity index is 1.74. The van der Waals surface area contributed by atoms with Gasteiger partial charge in [-0.15, -0.1) is 5.10 Å². The Morgan fingerprint density at radius 1 is 1.43 bits per heavy atom. The second-order valence-corrected chi connectivity index (χ2v) is 5.49. The summed E-state index contributed by atoms with van der Waals surface area (Å²) < 4.78 is 1.82. The Kier molecular flexibility index (Phi) is 3.90. The third kappa shape index (κ3) is 2.91. The summed E-state index contributed by atoms with van der Waals surface area (Å²) in [5, 5.41) is 14.9. The van der Waals surface area contributed by atoms with Gasteiger partial charge in [0, 0.05) is 24.2 Å². The molecule has 0 aliphatic carbocycles. The molecule has 110 valence electrons. The van der Waals surface area contributed by atoms with Crippen LogP contribution in [0.25, 0.3) is 11.3 Å². The summed E-state index contributed by atoms with van der Waals surface area (Å²) in [6, 6.07) is 7.46. The number of carbonyl (C=O) groups is 1. The van der Waals surface area contributed by atoms with E-state index in [-0.39, 0.29) is 18.0 Å². The molecule has 21 heavy (non-hydrogen) atoms. The van der Waals surface area contributed by atoms with Crippen molar-refractivity contribution in [1.29, 1.82) is 0 Å². The zero-order chi connectivity index (χ0) is 14.8. The summed E-state index contributed by atoms with van der Waals surface area (Å²) in [5.74, 6) is 0.00976. The monoisotopic (exact) mass is 305 g/mol. The van der Waals surface area contributed by atoms with Gasteiger partial charge in [0.05, 0.1) is 18.3 Å². The highest BCUT2D eigenvalue weighted by molar-refractivity contribution is 6.30. The number of aromatic nitrogens is 3. The lowest BCUT2D eigenvalue weighted by Gasteiger charge is -2.08. The summed E-state index contributed by atoms with van der Waals surface area (Å²) in [4.78, 5) is 11.6. The van der Waals surface area contributed by atoms with Crippen LogP contribution in [0.5, 0.6) is 0 Å². The van der Waals surface area contributed by atoms with E-state index in [9.17, 15) is 4.79 Å². The molecule has 1 aromatic heterocycles. The van der Waals surface area contributed by atoms with Crippen molar-refractivity contribution < 1.29 is 4.79 Å². The van der Waals surface area contributed by atoms with Crippen LogP contribution in [0.2, 0.25) is 5.02 Å². The predicted octanol–water partition coefficient (Wildman–Crippen LogP) is 1.25. The topological polar surface area (TPSA) is 71.8 Å². The van der Waals surface area contributed by atoms with E-state index in [1.54, 1.807) is 7.05 Å². The molecule has 1 saturated heterocycles. The number of hydrogen-bond donors (Lipinski definition) is 2. The SMILES string of the molecule is CNC(=O)[C@@H]1C[C@H](n2cc(-c3ccc(Cl)cc3)nn2)CN1. The van der Waals surface area contributed by atoms with Crippen LogP contribution in [-0.2, 0) is 4.79 Å². The van der Waals surface area contributed by atoms with Crippen molar-refractivity contribution in [1.82, 2.24) is 25.6 Å². The zero-order valence-electron chi connectivity index (χ0n) is 11.6. The summed E-state index contributed by atoms with van der Waals surface area (Å²) in [6.45, 7) is 0.710. The quantitative estimate of drug-likeness (QED) is 0.895. The normalized spacial score (nSPS) is 21.4. The van der Waals surface area contributed by atoms with E-state index in [1.807, 2.05) is 35.1 Å². The molecule has 1 fully saturated rings. The Labute approximate surface area is 127 Å². The lowest BCUT2D eigenvalue weighted by atomic mass is 10.1. The van der Waals surface area contributed by atoms with Crippen molar-refractivity contribution in [3.63, 3.8) is 0 Å². The van der Waals surface area contributed by atoms with Crippen LogP contribution in [0.3, 0.4) is 0 Å². The highest BCUT2D eigenvalue weighted by Crippen LogP contribution is 2.23. The molecule has 0 bridgehead atoms. The number of likely N-dealkylation sites (N-methyl/N-ethyl adjacent to an activating group) is 1. The summed E-state index contributed by atoms with van der Waals surface area (Å²) in [7, 11) is 1.64. The smallest absolute Gasteiger partial charge is 0.236 e. The molecule has 0 radical (unpaired) electrons. The van der Waals surface area contributed by atoms with Gasteiger partial charge in [0.1, 0.15) is 5.69 Å². The van der Waals surface area contributed by atoms with E-state index in [4.69, 9.17) is 11.6 Å². The number of nitrogens with one attached hydrogen (secondary N) is 2. The number of rotatable bonds is 3. The van der Waals surface area contributed by atoms with Crippen molar-refractivity contribution in [3.05, 3.63) is 35.5 Å². The molecule has 7 heteroatoms. The molecule has 2 heterocycles. The summed E-state index contributed by atoms with van der Waals surface area (Å²) in [5.41, 5.74) is 1.77. The second kappa shape index (κ2) is 5.83. The van der Waals surface area contributed by atoms with Gasteiger partial charge in [0.25, 0.3) is 0 Å². The van der Waals surface area contributed by atoms with Crippen molar-refractivity contribution in [3.8, 4) is 11.3 Å². The van der Waals surface area contributed by atoms with Crippen molar-refractivity contribution in [2.75, 3.05) is 13.6 Å². The van der Waals surface area contributed by atoms with Gasteiger partial charge in [0.15, 0.2) is 0 Å². The highest BCUT2D eigenvalue weighted by Gasteiger charge is 2.30. The molecule has 2 aromatic rings. The van der Waals surface area contributed by atoms with Gasteiger partial charge in [-0.3, -0.25) is 4.79 Å². The summed E-state index contributed by atoms with van der Waals surface area (Å²) >= 11 is 5.88. The molecule has 1 aliphatic heterocycles. The van der Waals surface area contributed by atoms with Gasteiger partial charge in [-0.2, -0.15) is 0 Å². The number of hydrogen-bond acceptors (Lipinski definition) is 4. The van der Waals surface area contributed by atoms with Crippen LogP contribution >= 0.6 is 11.6 Å². The van der Waals surface area contributed by atoms with Crippen LogP contribution in [0.1, 0.15) is 12.5 Å². The minimum atomic E-state index is -0.164. The van der Waals surface area contributed by atoms with Crippen molar-refractivity contribution in [2.24, 2.45) is 0 Å². The van der Waals surface area contributed by atoms with Crippen LogP contribution in [0.15, 0.2) is 30.5 Å². The molecule has 1 aromatic carbocycles. The average Bonchev–Trinajstić information content (AvgIpc) is 3.16. The number of nitrogens with zero attached hydrogens (tertiary/aromatic N) is 3. The molecule has 1 aliphatic rings. The number of benzene rings is 1. The molecule has 3 rings (SSSR count). The fourth-order valence-electron chi connectivity index (χ4n) is 2.50. The molecular formula is C14H16ClN5O. The number of amides is 1. The fraction of sp³-hybridized carbons (Fsp3) is 0.357. The lowest BCUT2D eigenvalue weighted by molar-refractivity contribution is -0.122. The Hall–Kier alpha value is -1.92. The molecule has 1 amide bonds. The largest absolute Gasteiger partial charge is 0.358 e.